The number of fused-ring (bicyclic) bond motifs is 1. The van der Waals surface area contributed by atoms with Gasteiger partial charge in [-0.15, -0.1) is 0 Å². The average molecular weight is 425 g/mol. The summed E-state index contributed by atoms with van der Waals surface area (Å²) in [6.45, 7) is -0.0515. The van der Waals surface area contributed by atoms with Gasteiger partial charge in [0.1, 0.15) is 5.82 Å². The summed E-state index contributed by atoms with van der Waals surface area (Å²) in [5.41, 5.74) is 1.29. The van der Waals surface area contributed by atoms with Crippen molar-refractivity contribution in [3.05, 3.63) is 47.0 Å². The molecule has 0 aliphatic rings. The lowest BCUT2D eigenvalue weighted by molar-refractivity contribution is -0.138. The van der Waals surface area contributed by atoms with Gasteiger partial charge in [-0.25, -0.2) is 9.97 Å². The van der Waals surface area contributed by atoms with E-state index in [1.54, 1.807) is 30.9 Å². The van der Waals surface area contributed by atoms with Crippen molar-refractivity contribution < 1.29 is 19.7 Å². The number of nitrogens with zero attached hydrogens (tertiary/aromatic N) is 3. The highest BCUT2D eigenvalue weighted by Crippen LogP contribution is 2.34. The van der Waals surface area contributed by atoms with Gasteiger partial charge in [-0.3, -0.25) is 4.79 Å². The first-order valence-corrected chi connectivity index (χ1v) is 9.19. The fraction of sp³-hybridized carbons (Fsp3) is 0.278. The normalized spacial score (nSPS) is 12.2. The van der Waals surface area contributed by atoms with Crippen LogP contribution in [0.1, 0.15) is 6.42 Å². The number of carboxylic acids is 1. The Balaban J connectivity index is 1.90. The lowest BCUT2D eigenvalue weighted by atomic mass is 10.1. The minimum absolute atomic E-state index is 0.0559. The Hall–Kier alpha value is -2.39. The number of aliphatic carboxylic acids is 1. The smallest absolute Gasteiger partial charge is 0.305 e. The second kappa shape index (κ2) is 9.20. The molecule has 1 unspecified atom stereocenters. The van der Waals surface area contributed by atoms with Crippen LogP contribution in [-0.4, -0.2) is 56.6 Å². The molecule has 10 heteroatoms. The molecule has 8 nitrogen and oxygen atoms in total. The third-order valence-corrected chi connectivity index (χ3v) is 4.78. The van der Waals surface area contributed by atoms with Crippen LogP contribution in [0.4, 0.5) is 5.82 Å². The Morgan fingerprint density at radius 3 is 2.86 bits per heavy atom. The van der Waals surface area contributed by atoms with Gasteiger partial charge in [0.25, 0.3) is 0 Å². The Morgan fingerprint density at radius 2 is 2.18 bits per heavy atom. The Bertz CT molecular complexity index is 966. The zero-order valence-corrected chi connectivity index (χ0v) is 16.2. The van der Waals surface area contributed by atoms with Crippen LogP contribution in [0.15, 0.2) is 36.9 Å². The summed E-state index contributed by atoms with van der Waals surface area (Å²) in [6.07, 6.45) is 4.99. The standard InChI is InChI=1S/C18H18Cl2N4O4/c19-13-2-1-12-14(24-5-4-21-10-24)7-15(23-18(12)17(13)20)22-11(8-25)9-28-6-3-16(26)27/h1-2,4-5,7,10-11,25H,3,6,8-9H2,(H,22,23)(H,26,27). The molecule has 2 aromatic heterocycles. The van der Waals surface area contributed by atoms with Gasteiger partial charge in [-0.2, -0.15) is 0 Å². The maximum Gasteiger partial charge on any atom is 0.305 e. The zero-order valence-electron chi connectivity index (χ0n) is 14.7. The number of rotatable bonds is 9. The molecule has 28 heavy (non-hydrogen) atoms. The molecule has 0 bridgehead atoms. The van der Waals surface area contributed by atoms with Crippen molar-refractivity contribution in [1.29, 1.82) is 0 Å². The number of anilines is 1. The largest absolute Gasteiger partial charge is 0.481 e. The summed E-state index contributed by atoms with van der Waals surface area (Å²) in [7, 11) is 0. The molecule has 148 valence electrons. The number of carboxylic acid groups (broad SMARTS) is 1. The van der Waals surface area contributed by atoms with Crippen molar-refractivity contribution in [3.63, 3.8) is 0 Å². The van der Waals surface area contributed by atoms with Crippen molar-refractivity contribution in [1.82, 2.24) is 14.5 Å². The summed E-state index contributed by atoms with van der Waals surface area (Å²) >= 11 is 12.5. The molecule has 1 aromatic carbocycles. The fourth-order valence-corrected chi connectivity index (χ4v) is 3.00. The number of ether oxygens (including phenoxy) is 1. The summed E-state index contributed by atoms with van der Waals surface area (Å²) in [6, 6.07) is 4.85. The summed E-state index contributed by atoms with van der Waals surface area (Å²) < 4.78 is 7.13. The molecule has 3 aromatic rings. The van der Waals surface area contributed by atoms with E-state index in [0.717, 1.165) is 11.1 Å². The average Bonchev–Trinajstić information content (AvgIpc) is 3.21. The number of benzene rings is 1. The van der Waals surface area contributed by atoms with Gasteiger partial charge in [-0.1, -0.05) is 23.2 Å². The van der Waals surface area contributed by atoms with E-state index in [0.29, 0.717) is 21.4 Å². The first-order chi connectivity index (χ1) is 13.5. The van der Waals surface area contributed by atoms with Crippen molar-refractivity contribution in [2.75, 3.05) is 25.1 Å². The third-order valence-electron chi connectivity index (χ3n) is 3.98. The summed E-state index contributed by atoms with van der Waals surface area (Å²) in [4.78, 5) is 19.2. The fourth-order valence-electron chi connectivity index (χ4n) is 2.64. The molecule has 0 aliphatic carbocycles. The lowest BCUT2D eigenvalue weighted by Gasteiger charge is -2.19. The van der Waals surface area contributed by atoms with Gasteiger partial charge in [0.15, 0.2) is 0 Å². The number of halogens is 2. The van der Waals surface area contributed by atoms with Crippen molar-refractivity contribution >= 4 is 45.9 Å². The van der Waals surface area contributed by atoms with E-state index >= 15 is 0 Å². The van der Waals surface area contributed by atoms with Gasteiger partial charge in [-0.05, 0) is 12.1 Å². The van der Waals surface area contributed by atoms with Gasteiger partial charge < -0.3 is 24.8 Å². The zero-order chi connectivity index (χ0) is 20.1. The minimum Gasteiger partial charge on any atom is -0.481 e. The number of aliphatic hydroxyl groups is 1. The number of carbonyl (C=O) groups is 1. The van der Waals surface area contributed by atoms with Crippen molar-refractivity contribution in [2.24, 2.45) is 0 Å². The SMILES string of the molecule is O=C(O)CCOCC(CO)Nc1cc(-n2ccnc2)c2ccc(Cl)c(Cl)c2n1. The van der Waals surface area contributed by atoms with E-state index in [1.165, 1.54) is 0 Å². The van der Waals surface area contributed by atoms with Crippen molar-refractivity contribution in [3.8, 4) is 5.69 Å². The second-order valence-corrected chi connectivity index (χ2v) is 6.78. The molecular formula is C18H18Cl2N4O4. The number of aromatic nitrogens is 3. The highest BCUT2D eigenvalue weighted by atomic mass is 35.5. The van der Waals surface area contributed by atoms with E-state index in [-0.39, 0.29) is 26.2 Å². The van der Waals surface area contributed by atoms with E-state index < -0.39 is 12.0 Å². The summed E-state index contributed by atoms with van der Waals surface area (Å²) in [5, 5.41) is 22.8. The molecule has 3 rings (SSSR count). The van der Waals surface area contributed by atoms with Crippen LogP contribution in [0.3, 0.4) is 0 Å². The summed E-state index contributed by atoms with van der Waals surface area (Å²) in [5.74, 6) is -0.484. The Kier molecular flexibility index (Phi) is 6.69. The minimum atomic E-state index is -0.943. The molecule has 0 aliphatic heterocycles. The van der Waals surface area contributed by atoms with Crippen LogP contribution < -0.4 is 5.32 Å². The number of hydrogen-bond acceptors (Lipinski definition) is 6. The number of hydrogen-bond donors (Lipinski definition) is 3. The Morgan fingerprint density at radius 1 is 1.36 bits per heavy atom. The molecule has 0 saturated carbocycles. The molecule has 0 saturated heterocycles. The number of pyridine rings is 1. The van der Waals surface area contributed by atoms with E-state index in [1.807, 2.05) is 10.6 Å². The predicted octanol–water partition coefficient (Wildman–Crippen LogP) is 2.99. The van der Waals surface area contributed by atoms with E-state index in [2.05, 4.69) is 15.3 Å². The maximum atomic E-state index is 10.6. The maximum absolute atomic E-state index is 10.6. The topological polar surface area (TPSA) is 110 Å². The van der Waals surface area contributed by atoms with Crippen LogP contribution in [0.5, 0.6) is 0 Å². The second-order valence-electron chi connectivity index (χ2n) is 6.00. The van der Waals surface area contributed by atoms with E-state index in [4.69, 9.17) is 33.0 Å². The number of nitrogens with one attached hydrogen (secondary N) is 1. The van der Waals surface area contributed by atoms with Crippen LogP contribution >= 0.6 is 23.2 Å². The van der Waals surface area contributed by atoms with Crippen LogP contribution in [-0.2, 0) is 9.53 Å². The molecule has 0 fully saturated rings. The molecule has 0 amide bonds. The number of aliphatic hydroxyl groups excluding tert-OH is 1. The molecule has 0 spiro atoms. The predicted molar refractivity (Wildman–Crippen MR) is 106 cm³/mol. The quantitative estimate of drug-likeness (QED) is 0.452. The van der Waals surface area contributed by atoms with Crippen LogP contribution in [0, 0.1) is 0 Å². The molecular weight excluding hydrogens is 407 g/mol. The van der Waals surface area contributed by atoms with Crippen molar-refractivity contribution in [2.45, 2.75) is 12.5 Å². The first kappa shape index (κ1) is 20.3. The van der Waals surface area contributed by atoms with Gasteiger partial charge >= 0.3 is 5.97 Å². The monoisotopic (exact) mass is 424 g/mol. The van der Waals surface area contributed by atoms with Gasteiger partial charge in [0.2, 0.25) is 0 Å². The van der Waals surface area contributed by atoms with Crippen LogP contribution in [0.25, 0.3) is 16.6 Å². The van der Waals surface area contributed by atoms with Gasteiger partial charge in [0, 0.05) is 23.8 Å². The molecule has 2 heterocycles. The highest BCUT2D eigenvalue weighted by molar-refractivity contribution is 6.45. The third kappa shape index (κ3) is 4.71. The molecule has 3 N–H and O–H groups in total. The highest BCUT2D eigenvalue weighted by Gasteiger charge is 2.15. The lowest BCUT2D eigenvalue weighted by Crippen LogP contribution is -2.30. The van der Waals surface area contributed by atoms with Gasteiger partial charge in [0.05, 0.1) is 59.9 Å². The molecule has 1 atom stereocenters. The first-order valence-electron chi connectivity index (χ1n) is 8.43. The Labute approximate surface area is 170 Å². The number of imidazole rings is 1. The molecule has 0 radical (unpaired) electrons. The van der Waals surface area contributed by atoms with Crippen LogP contribution in [0.2, 0.25) is 10.0 Å². The van der Waals surface area contributed by atoms with E-state index in [9.17, 15) is 9.90 Å².